The van der Waals surface area contributed by atoms with Crippen molar-refractivity contribution in [1.29, 1.82) is 0 Å². The number of benzene rings is 2. The molecule has 0 saturated carbocycles. The van der Waals surface area contributed by atoms with Crippen molar-refractivity contribution in [1.82, 2.24) is 5.32 Å². The Kier molecular flexibility index (Phi) is 3.89. The van der Waals surface area contributed by atoms with Gasteiger partial charge in [0.15, 0.2) is 16.6 Å². The lowest BCUT2D eigenvalue weighted by Crippen LogP contribution is -2.54. The Morgan fingerprint density at radius 3 is 2.69 bits per heavy atom. The average molecular weight is 370 g/mol. The number of nitrogens with one attached hydrogen (secondary N) is 1. The lowest BCUT2D eigenvalue weighted by molar-refractivity contribution is -0.122. The topological polar surface area (TPSA) is 67.9 Å². The van der Waals surface area contributed by atoms with Gasteiger partial charge in [0.1, 0.15) is 11.4 Å². The third-order valence-corrected chi connectivity index (χ3v) is 4.19. The minimum absolute atomic E-state index is 0.0286. The van der Waals surface area contributed by atoms with Crippen molar-refractivity contribution in [3.63, 3.8) is 0 Å². The Morgan fingerprint density at radius 2 is 1.88 bits per heavy atom. The van der Waals surface area contributed by atoms with Crippen LogP contribution in [-0.4, -0.2) is 23.7 Å². The van der Waals surface area contributed by atoms with Crippen molar-refractivity contribution in [2.45, 2.75) is 0 Å². The van der Waals surface area contributed by atoms with E-state index < -0.39 is 17.6 Å². The van der Waals surface area contributed by atoms with Gasteiger partial charge in [-0.2, -0.15) is 0 Å². The lowest BCUT2D eigenvalue weighted by Gasteiger charge is -2.29. The van der Waals surface area contributed by atoms with E-state index in [9.17, 15) is 14.0 Å². The molecule has 2 aliphatic heterocycles. The molecule has 0 aromatic heterocycles. The molecule has 0 bridgehead atoms. The van der Waals surface area contributed by atoms with Crippen molar-refractivity contribution in [2.24, 2.45) is 0 Å². The number of halogens is 1. The van der Waals surface area contributed by atoms with E-state index in [0.29, 0.717) is 17.1 Å². The van der Waals surface area contributed by atoms with Crippen LogP contribution in [0.25, 0.3) is 6.08 Å². The fourth-order valence-electron chi connectivity index (χ4n) is 2.68. The summed E-state index contributed by atoms with van der Waals surface area (Å²) in [6, 6.07) is 10.7. The van der Waals surface area contributed by atoms with E-state index in [-0.39, 0.29) is 23.2 Å². The summed E-state index contributed by atoms with van der Waals surface area (Å²) in [5.74, 6) is -0.876. The molecule has 4 rings (SSSR count). The van der Waals surface area contributed by atoms with Gasteiger partial charge in [-0.15, -0.1) is 0 Å². The van der Waals surface area contributed by atoms with Gasteiger partial charge in [-0.25, -0.2) is 9.29 Å². The molecule has 2 aromatic carbocycles. The molecule has 0 spiro atoms. The fourth-order valence-corrected chi connectivity index (χ4v) is 2.95. The van der Waals surface area contributed by atoms with Gasteiger partial charge in [0.05, 0.1) is 5.69 Å². The third kappa shape index (κ3) is 2.70. The molecule has 0 unspecified atom stereocenters. The maximum atomic E-state index is 14.1. The predicted octanol–water partition coefficient (Wildman–Crippen LogP) is 2.39. The number of rotatable bonds is 2. The molecule has 1 N–H and O–H groups in total. The van der Waals surface area contributed by atoms with Crippen LogP contribution >= 0.6 is 12.2 Å². The van der Waals surface area contributed by atoms with Gasteiger partial charge in [0.2, 0.25) is 6.79 Å². The van der Waals surface area contributed by atoms with Gasteiger partial charge in [0, 0.05) is 0 Å². The molecule has 2 aromatic rings. The smallest absolute Gasteiger partial charge is 0.270 e. The van der Waals surface area contributed by atoms with Gasteiger partial charge in [0.25, 0.3) is 11.8 Å². The van der Waals surface area contributed by atoms with Crippen LogP contribution in [-0.2, 0) is 9.59 Å². The van der Waals surface area contributed by atoms with E-state index in [1.807, 2.05) is 0 Å². The summed E-state index contributed by atoms with van der Waals surface area (Å²) in [6.45, 7) is 0.115. The van der Waals surface area contributed by atoms with E-state index >= 15 is 0 Å². The molecule has 2 heterocycles. The van der Waals surface area contributed by atoms with Crippen molar-refractivity contribution in [2.75, 3.05) is 11.7 Å². The van der Waals surface area contributed by atoms with Gasteiger partial charge in [-0.1, -0.05) is 18.2 Å². The summed E-state index contributed by atoms with van der Waals surface area (Å²) in [4.78, 5) is 26.0. The van der Waals surface area contributed by atoms with Crippen LogP contribution in [0, 0.1) is 5.82 Å². The first-order chi connectivity index (χ1) is 12.5. The molecule has 130 valence electrons. The highest BCUT2D eigenvalue weighted by Crippen LogP contribution is 2.33. The fraction of sp³-hybridized carbons (Fsp3) is 0.0556. The number of para-hydroxylation sites is 1. The minimum Gasteiger partial charge on any atom is -0.454 e. The zero-order chi connectivity index (χ0) is 18.3. The number of fused-ring (bicyclic) bond motifs is 1. The molecule has 6 nitrogen and oxygen atoms in total. The second-order valence-electron chi connectivity index (χ2n) is 5.52. The number of ether oxygens (including phenoxy) is 2. The minimum atomic E-state index is -0.707. The average Bonchev–Trinajstić information content (AvgIpc) is 3.08. The van der Waals surface area contributed by atoms with Gasteiger partial charge < -0.3 is 9.47 Å². The molecule has 1 fully saturated rings. The molecule has 2 amide bonds. The first-order valence-electron chi connectivity index (χ1n) is 7.60. The first-order valence-corrected chi connectivity index (χ1v) is 8.01. The molecule has 2 aliphatic rings. The van der Waals surface area contributed by atoms with Gasteiger partial charge in [-0.05, 0) is 48.1 Å². The summed E-state index contributed by atoms with van der Waals surface area (Å²) in [5.41, 5.74) is 0.369. The number of thiocarbonyl (C=S) groups is 1. The van der Waals surface area contributed by atoms with E-state index in [1.165, 1.54) is 24.3 Å². The Labute approximate surface area is 152 Å². The Hall–Kier alpha value is -3.26. The third-order valence-electron chi connectivity index (χ3n) is 3.90. The SMILES string of the molecule is O=C1NC(=S)N(c2ccccc2F)C(=O)/C1=C/c1ccc2c(c1)OCO2. The number of hydrogen-bond acceptors (Lipinski definition) is 5. The molecule has 0 aliphatic carbocycles. The number of hydrogen-bond donors (Lipinski definition) is 1. The van der Waals surface area contributed by atoms with Gasteiger partial charge >= 0.3 is 0 Å². The molecular formula is C18H11FN2O4S. The van der Waals surface area contributed by atoms with Crippen molar-refractivity contribution in [3.05, 3.63) is 59.4 Å². The van der Waals surface area contributed by atoms with Crippen LogP contribution < -0.4 is 19.7 Å². The van der Waals surface area contributed by atoms with Crippen LogP contribution in [0.15, 0.2) is 48.0 Å². The highest BCUT2D eigenvalue weighted by molar-refractivity contribution is 7.80. The van der Waals surface area contributed by atoms with Crippen LogP contribution in [0.5, 0.6) is 11.5 Å². The Morgan fingerprint density at radius 1 is 1.12 bits per heavy atom. The zero-order valence-corrected chi connectivity index (χ0v) is 14.0. The van der Waals surface area contributed by atoms with E-state index in [4.69, 9.17) is 21.7 Å². The number of anilines is 1. The summed E-state index contributed by atoms with van der Waals surface area (Å²) < 4.78 is 24.6. The van der Waals surface area contributed by atoms with Crippen molar-refractivity contribution in [3.8, 4) is 11.5 Å². The zero-order valence-electron chi connectivity index (χ0n) is 13.2. The predicted molar refractivity (Wildman–Crippen MR) is 95.2 cm³/mol. The first kappa shape index (κ1) is 16.2. The highest BCUT2D eigenvalue weighted by atomic mass is 32.1. The molecule has 0 atom stereocenters. The maximum absolute atomic E-state index is 14.1. The highest BCUT2D eigenvalue weighted by Gasteiger charge is 2.35. The van der Waals surface area contributed by atoms with Crippen LogP contribution in [0.4, 0.5) is 10.1 Å². The lowest BCUT2D eigenvalue weighted by atomic mass is 10.1. The van der Waals surface area contributed by atoms with E-state index in [2.05, 4.69) is 5.32 Å². The largest absolute Gasteiger partial charge is 0.454 e. The van der Waals surface area contributed by atoms with Crippen molar-refractivity contribution < 1.29 is 23.5 Å². The van der Waals surface area contributed by atoms with E-state index in [1.54, 1.807) is 24.3 Å². The van der Waals surface area contributed by atoms with E-state index in [0.717, 1.165) is 4.90 Å². The summed E-state index contributed by atoms with van der Waals surface area (Å²) in [7, 11) is 0. The molecule has 8 heteroatoms. The normalized spacial score (nSPS) is 17.7. The van der Waals surface area contributed by atoms with Crippen LogP contribution in [0.2, 0.25) is 0 Å². The Bertz CT molecular complexity index is 989. The van der Waals surface area contributed by atoms with Gasteiger partial charge in [-0.3, -0.25) is 14.9 Å². The van der Waals surface area contributed by atoms with Crippen LogP contribution in [0.3, 0.4) is 0 Å². The van der Waals surface area contributed by atoms with Crippen molar-refractivity contribution >= 4 is 40.9 Å². The standard InChI is InChI=1S/C18H11FN2O4S/c19-12-3-1-2-4-13(12)21-17(23)11(16(22)20-18(21)26)7-10-5-6-14-15(8-10)25-9-24-14/h1-8H,9H2,(H,20,22,26)/b11-7+. The number of nitrogens with zero attached hydrogens (tertiary/aromatic N) is 1. The Balaban J connectivity index is 1.74. The molecular weight excluding hydrogens is 359 g/mol. The molecule has 26 heavy (non-hydrogen) atoms. The van der Waals surface area contributed by atoms with Crippen LogP contribution in [0.1, 0.15) is 5.56 Å². The summed E-state index contributed by atoms with van der Waals surface area (Å²) in [6.07, 6.45) is 1.40. The number of carbonyl (C=O) groups is 2. The molecule has 1 saturated heterocycles. The monoisotopic (exact) mass is 370 g/mol. The second kappa shape index (κ2) is 6.23. The second-order valence-corrected chi connectivity index (χ2v) is 5.91. The quantitative estimate of drug-likeness (QED) is 0.500. The summed E-state index contributed by atoms with van der Waals surface area (Å²) in [5, 5.41) is 2.24. The number of carbonyl (C=O) groups excluding carboxylic acids is 2. The molecule has 0 radical (unpaired) electrons. The summed E-state index contributed by atoms with van der Waals surface area (Å²) >= 11 is 5.05. The number of amides is 2. The maximum Gasteiger partial charge on any atom is 0.270 e.